The minimum Gasteiger partial charge on any atom is -0.482 e. The number of hydrogen-bond acceptors (Lipinski definition) is 4. The fourth-order valence-corrected chi connectivity index (χ4v) is 0.649. The quantitative estimate of drug-likeness (QED) is 0.494. The number of ether oxygens (including phenoxy) is 3. The summed E-state index contributed by atoms with van der Waals surface area (Å²) < 4.78 is 14.4. The lowest BCUT2D eigenvalue weighted by molar-refractivity contribution is 0.142. The largest absolute Gasteiger partial charge is 0.482 e. The minimum absolute atomic E-state index is 0.209. The number of methoxy groups -OCH3 is 2. The molecule has 0 fully saturated rings. The topological polar surface area (TPSA) is 57.1 Å². The Morgan fingerprint density at radius 1 is 1.46 bits per heavy atom. The Labute approximate surface area is 77.7 Å². The summed E-state index contributed by atoms with van der Waals surface area (Å²) in [6.45, 7) is 3.72. The van der Waals surface area contributed by atoms with Crippen molar-refractivity contribution in [1.82, 2.24) is 0 Å². The van der Waals surface area contributed by atoms with Crippen LogP contribution in [0.25, 0.3) is 0 Å². The molecule has 76 valence electrons. The number of nitrogens with zero attached hydrogens (tertiary/aromatic N) is 1. The van der Waals surface area contributed by atoms with Crippen molar-refractivity contribution in [1.29, 1.82) is 0 Å². The Morgan fingerprint density at radius 3 is 2.46 bits per heavy atom. The van der Waals surface area contributed by atoms with Gasteiger partial charge in [-0.15, -0.1) is 4.99 Å². The van der Waals surface area contributed by atoms with Gasteiger partial charge >= 0.3 is 6.09 Å². The minimum atomic E-state index is -0.664. The van der Waals surface area contributed by atoms with Crippen LogP contribution in [0.2, 0.25) is 0 Å². The van der Waals surface area contributed by atoms with E-state index >= 15 is 0 Å². The molecule has 0 aromatic carbocycles. The van der Waals surface area contributed by atoms with Crippen LogP contribution < -0.4 is 0 Å². The summed E-state index contributed by atoms with van der Waals surface area (Å²) in [5, 5.41) is 0. The Kier molecular flexibility index (Phi) is 5.88. The van der Waals surface area contributed by atoms with E-state index < -0.39 is 6.09 Å². The third-order valence-electron chi connectivity index (χ3n) is 1.38. The highest BCUT2D eigenvalue weighted by molar-refractivity contribution is 5.90. The molecule has 0 N–H and O–H groups in total. The maximum absolute atomic E-state index is 10.9. The predicted octanol–water partition coefficient (Wildman–Crippen LogP) is 1.22. The van der Waals surface area contributed by atoms with Crippen molar-refractivity contribution in [2.45, 2.75) is 20.0 Å². The Morgan fingerprint density at radius 2 is 2.08 bits per heavy atom. The molecule has 0 heterocycles. The first-order valence-corrected chi connectivity index (χ1v) is 3.97. The average molecular weight is 189 g/mol. The summed E-state index contributed by atoms with van der Waals surface area (Å²) >= 11 is 0. The van der Waals surface area contributed by atoms with E-state index in [4.69, 9.17) is 9.47 Å². The number of hydrogen-bond donors (Lipinski definition) is 0. The molecule has 0 aromatic rings. The van der Waals surface area contributed by atoms with Gasteiger partial charge in [0.15, 0.2) is 0 Å². The molecule has 1 amide bonds. The van der Waals surface area contributed by atoms with E-state index in [0.29, 0.717) is 6.61 Å². The predicted molar refractivity (Wildman–Crippen MR) is 47.9 cm³/mol. The number of aliphatic imine (C=N–C) groups is 1. The molecule has 0 rings (SSSR count). The maximum Gasteiger partial charge on any atom is 0.436 e. The van der Waals surface area contributed by atoms with Crippen molar-refractivity contribution in [3.63, 3.8) is 0 Å². The zero-order valence-electron chi connectivity index (χ0n) is 8.36. The Hall–Kier alpha value is -1.10. The van der Waals surface area contributed by atoms with Gasteiger partial charge in [0, 0.05) is 7.11 Å². The average Bonchev–Trinajstić information content (AvgIpc) is 2.13. The standard InChI is InChI=1S/C8H15NO4/c1-5-13-8(10)9-7(12-4)6(2)11-3/h6H,5H2,1-4H3/b9-7-. The first-order valence-electron chi connectivity index (χ1n) is 3.97. The number of amides is 1. The highest BCUT2D eigenvalue weighted by Gasteiger charge is 2.12. The van der Waals surface area contributed by atoms with Gasteiger partial charge in [-0.05, 0) is 13.8 Å². The lowest BCUT2D eigenvalue weighted by Crippen LogP contribution is -2.22. The zero-order valence-corrected chi connectivity index (χ0v) is 8.36. The van der Waals surface area contributed by atoms with E-state index in [1.54, 1.807) is 13.8 Å². The van der Waals surface area contributed by atoms with Crippen LogP contribution in [0, 0.1) is 0 Å². The summed E-state index contributed by atoms with van der Waals surface area (Å²) in [6.07, 6.45) is -1.02. The van der Waals surface area contributed by atoms with Gasteiger partial charge in [0.25, 0.3) is 0 Å². The van der Waals surface area contributed by atoms with Gasteiger partial charge in [-0.1, -0.05) is 0 Å². The monoisotopic (exact) mass is 189 g/mol. The van der Waals surface area contributed by atoms with Crippen molar-refractivity contribution < 1.29 is 19.0 Å². The van der Waals surface area contributed by atoms with Crippen molar-refractivity contribution in [3.8, 4) is 0 Å². The van der Waals surface area contributed by atoms with Gasteiger partial charge in [-0.2, -0.15) is 0 Å². The normalized spacial score (nSPS) is 13.7. The molecule has 1 unspecified atom stereocenters. The molecular formula is C8H15NO4. The maximum atomic E-state index is 10.9. The summed E-state index contributed by atoms with van der Waals surface area (Å²) in [5.74, 6) is 0.209. The van der Waals surface area contributed by atoms with Gasteiger partial charge in [0.05, 0.1) is 13.7 Å². The second kappa shape index (κ2) is 6.42. The first-order chi connectivity index (χ1) is 6.15. The van der Waals surface area contributed by atoms with Crippen LogP contribution in [-0.4, -0.2) is 38.9 Å². The van der Waals surface area contributed by atoms with Crippen molar-refractivity contribution >= 4 is 12.0 Å². The summed E-state index contributed by atoms with van der Waals surface area (Å²) in [6, 6.07) is 0. The summed E-state index contributed by atoms with van der Waals surface area (Å²) in [5.41, 5.74) is 0. The molecule has 0 spiro atoms. The van der Waals surface area contributed by atoms with E-state index in [9.17, 15) is 4.79 Å². The number of rotatable bonds is 3. The van der Waals surface area contributed by atoms with Gasteiger partial charge in [-0.3, -0.25) is 0 Å². The van der Waals surface area contributed by atoms with E-state index in [2.05, 4.69) is 9.73 Å². The van der Waals surface area contributed by atoms with Gasteiger partial charge in [0.2, 0.25) is 5.90 Å². The summed E-state index contributed by atoms with van der Waals surface area (Å²) in [7, 11) is 2.93. The molecule has 0 radical (unpaired) electrons. The lowest BCUT2D eigenvalue weighted by Gasteiger charge is -2.10. The zero-order chi connectivity index (χ0) is 10.3. The molecule has 0 aliphatic carbocycles. The second-order valence-corrected chi connectivity index (χ2v) is 2.23. The molecule has 0 aliphatic heterocycles. The lowest BCUT2D eigenvalue weighted by atomic mass is 10.4. The van der Waals surface area contributed by atoms with Crippen LogP contribution >= 0.6 is 0 Å². The van der Waals surface area contributed by atoms with Crippen LogP contribution in [0.4, 0.5) is 4.79 Å². The highest BCUT2D eigenvalue weighted by atomic mass is 16.6. The fraction of sp³-hybridized carbons (Fsp3) is 0.750. The van der Waals surface area contributed by atoms with Gasteiger partial charge in [-0.25, -0.2) is 4.79 Å². The van der Waals surface area contributed by atoms with Gasteiger partial charge < -0.3 is 14.2 Å². The van der Waals surface area contributed by atoms with Crippen LogP contribution in [0.1, 0.15) is 13.8 Å². The molecule has 0 bridgehead atoms. The Bertz CT molecular complexity index is 191. The number of carbonyl (C=O) groups is 1. The second-order valence-electron chi connectivity index (χ2n) is 2.23. The molecular weight excluding hydrogens is 174 g/mol. The van der Waals surface area contributed by atoms with Crippen LogP contribution in [0.5, 0.6) is 0 Å². The molecule has 5 nitrogen and oxygen atoms in total. The van der Waals surface area contributed by atoms with Crippen LogP contribution in [0.15, 0.2) is 4.99 Å². The molecule has 0 saturated heterocycles. The fourth-order valence-electron chi connectivity index (χ4n) is 0.649. The summed E-state index contributed by atoms with van der Waals surface area (Å²) in [4.78, 5) is 14.5. The third-order valence-corrected chi connectivity index (χ3v) is 1.38. The first kappa shape index (κ1) is 11.9. The molecule has 13 heavy (non-hydrogen) atoms. The SMILES string of the molecule is CCOC(=O)/N=C(\OC)C(C)OC. The van der Waals surface area contributed by atoms with Crippen molar-refractivity contribution in [2.24, 2.45) is 4.99 Å². The molecule has 5 heteroatoms. The molecule has 0 aliphatic rings. The van der Waals surface area contributed by atoms with Crippen molar-refractivity contribution in [2.75, 3.05) is 20.8 Å². The molecule has 0 aromatic heterocycles. The smallest absolute Gasteiger partial charge is 0.436 e. The molecule has 0 saturated carbocycles. The van der Waals surface area contributed by atoms with E-state index in [1.165, 1.54) is 14.2 Å². The van der Waals surface area contributed by atoms with E-state index in [-0.39, 0.29) is 12.0 Å². The Balaban J connectivity index is 4.28. The third kappa shape index (κ3) is 4.47. The van der Waals surface area contributed by atoms with Crippen LogP contribution in [-0.2, 0) is 14.2 Å². The van der Waals surface area contributed by atoms with Crippen LogP contribution in [0.3, 0.4) is 0 Å². The van der Waals surface area contributed by atoms with E-state index in [0.717, 1.165) is 0 Å². The number of carbonyl (C=O) groups excluding carboxylic acids is 1. The van der Waals surface area contributed by atoms with Crippen molar-refractivity contribution in [3.05, 3.63) is 0 Å². The van der Waals surface area contributed by atoms with E-state index in [1.807, 2.05) is 0 Å². The highest BCUT2D eigenvalue weighted by Crippen LogP contribution is 1.96. The van der Waals surface area contributed by atoms with Gasteiger partial charge in [0.1, 0.15) is 6.10 Å². The molecule has 1 atom stereocenters.